The Hall–Kier alpha value is -4.12. The van der Waals surface area contributed by atoms with Crippen molar-refractivity contribution in [3.63, 3.8) is 0 Å². The first-order valence-corrected chi connectivity index (χ1v) is 17.8. The van der Waals surface area contributed by atoms with Crippen LogP contribution in [0.15, 0.2) is 156 Å². The molecule has 2 aliphatic rings. The summed E-state index contributed by atoms with van der Waals surface area (Å²) in [4.78, 5) is 10.6. The monoisotopic (exact) mass is 930 g/mol. The second-order valence-electron chi connectivity index (χ2n) is 13.8. The van der Waals surface area contributed by atoms with Gasteiger partial charge < -0.3 is 43.4 Å². The maximum Gasteiger partial charge on any atom is 2.00 e. The Morgan fingerprint density at radius 1 is 0.444 bits per heavy atom. The van der Waals surface area contributed by atoms with Crippen molar-refractivity contribution in [1.82, 2.24) is 0 Å². The molecular formula is C47H42Br2N2O2Pd. The molecule has 0 saturated carbocycles. The fourth-order valence-electron chi connectivity index (χ4n) is 7.58. The molecule has 276 valence electrons. The molecule has 8 rings (SSSR count). The van der Waals surface area contributed by atoms with Crippen molar-refractivity contribution in [2.75, 3.05) is 0 Å². The Morgan fingerprint density at radius 2 is 0.815 bits per heavy atom. The van der Waals surface area contributed by atoms with E-state index >= 15 is 0 Å². The van der Waals surface area contributed by atoms with Crippen molar-refractivity contribution in [1.29, 1.82) is 0 Å². The van der Waals surface area contributed by atoms with Crippen LogP contribution in [0.1, 0.15) is 75.2 Å². The molecule has 4 atom stereocenters. The zero-order valence-corrected chi connectivity index (χ0v) is 35.4. The first-order valence-electron chi connectivity index (χ1n) is 17.8. The Kier molecular flexibility index (Phi) is 13.7. The minimum Gasteiger partial charge on any atom is -1.00 e. The van der Waals surface area contributed by atoms with Gasteiger partial charge in [-0.25, -0.2) is 9.98 Å². The van der Waals surface area contributed by atoms with Crippen LogP contribution in [0.2, 0.25) is 0 Å². The number of nitrogens with zero attached hydrogens (tertiary/aromatic N) is 2. The molecule has 0 aromatic heterocycles. The summed E-state index contributed by atoms with van der Waals surface area (Å²) in [6, 6.07) is 51.0. The Bertz CT molecular complexity index is 2140. The summed E-state index contributed by atoms with van der Waals surface area (Å²) in [6.45, 7) is 8.60. The van der Waals surface area contributed by atoms with Crippen molar-refractivity contribution in [3.05, 3.63) is 190 Å². The summed E-state index contributed by atoms with van der Waals surface area (Å²) in [5, 5.41) is 0. The summed E-state index contributed by atoms with van der Waals surface area (Å²) in [7, 11) is 0. The molecule has 2 aliphatic heterocycles. The van der Waals surface area contributed by atoms with Gasteiger partial charge in [0.15, 0.2) is 24.0 Å². The molecule has 0 radical (unpaired) electrons. The van der Waals surface area contributed by atoms with Gasteiger partial charge in [-0.15, -0.1) is 0 Å². The number of hydrogen-bond donors (Lipinski definition) is 0. The molecule has 0 N–H and O–H groups in total. The molecule has 54 heavy (non-hydrogen) atoms. The molecule has 0 saturated heterocycles. The zero-order chi connectivity index (χ0) is 34.9. The standard InChI is InChI=1S/C47H42N2O2.2BrH.Pd/c1-30-15-5-9-23-38(30)34-19-13-21-36(27-34)44-46(40-25-11-7-17-32(40)3)50-42(48-44)29-43-49-45(47(51-43)41-26-12-8-18-33(41)4)37-22-14-20-35(28-37)39-24-10-6-16-31(39)2;;;/h5-28,44-47H,29H2,1-4H3;2*1H;/q;;;+2/p-2/t44-,45-,46?,47?;;;/m1.../s1. The summed E-state index contributed by atoms with van der Waals surface area (Å²) in [5.74, 6) is 1.29. The smallest absolute Gasteiger partial charge is 1.00 e. The van der Waals surface area contributed by atoms with Gasteiger partial charge in [0.05, 0.1) is 6.42 Å². The van der Waals surface area contributed by atoms with E-state index in [9.17, 15) is 0 Å². The summed E-state index contributed by atoms with van der Waals surface area (Å²) in [5.41, 5.74) is 14.2. The van der Waals surface area contributed by atoms with E-state index in [0.717, 1.165) is 22.3 Å². The van der Waals surface area contributed by atoms with Crippen LogP contribution in [-0.2, 0) is 29.9 Å². The van der Waals surface area contributed by atoms with Crippen LogP contribution >= 0.6 is 0 Å². The molecule has 6 aromatic carbocycles. The summed E-state index contributed by atoms with van der Waals surface area (Å²) < 4.78 is 13.6. The number of hydrogen-bond acceptors (Lipinski definition) is 4. The number of rotatable bonds is 8. The van der Waals surface area contributed by atoms with Crippen molar-refractivity contribution < 1.29 is 63.9 Å². The molecule has 7 heteroatoms. The van der Waals surface area contributed by atoms with E-state index in [1.807, 2.05) is 0 Å². The maximum atomic E-state index is 6.81. The summed E-state index contributed by atoms with van der Waals surface area (Å²) in [6.07, 6.45) is -0.139. The maximum absolute atomic E-state index is 6.81. The first-order chi connectivity index (χ1) is 24.9. The van der Waals surface area contributed by atoms with Gasteiger partial charge in [-0.2, -0.15) is 0 Å². The van der Waals surface area contributed by atoms with Crippen LogP contribution in [0.3, 0.4) is 0 Å². The predicted octanol–water partition coefficient (Wildman–Crippen LogP) is 5.77. The van der Waals surface area contributed by atoms with Crippen LogP contribution in [0.25, 0.3) is 22.3 Å². The van der Waals surface area contributed by atoms with Gasteiger partial charge in [0.2, 0.25) is 0 Å². The molecule has 6 aromatic rings. The van der Waals surface area contributed by atoms with Crippen LogP contribution in [0, 0.1) is 27.7 Å². The van der Waals surface area contributed by atoms with Crippen molar-refractivity contribution in [2.45, 2.75) is 58.4 Å². The van der Waals surface area contributed by atoms with E-state index in [1.165, 1.54) is 44.5 Å². The fourth-order valence-corrected chi connectivity index (χ4v) is 7.58. The Morgan fingerprint density at radius 3 is 1.20 bits per heavy atom. The molecule has 0 amide bonds. The van der Waals surface area contributed by atoms with Gasteiger partial charge in [0.1, 0.15) is 12.1 Å². The minimum atomic E-state index is -0.260. The average Bonchev–Trinajstić information content (AvgIpc) is 3.77. The van der Waals surface area contributed by atoms with E-state index in [1.54, 1.807) is 0 Å². The average molecular weight is 933 g/mol. The van der Waals surface area contributed by atoms with Gasteiger partial charge in [-0.05, 0) is 107 Å². The third kappa shape index (κ3) is 8.41. The quantitative estimate of drug-likeness (QED) is 0.182. The normalized spacial score (nSPS) is 18.5. The minimum absolute atomic E-state index is 0. The Balaban J connectivity index is 0.00000187. The first kappa shape index (κ1) is 41.1. The van der Waals surface area contributed by atoms with E-state index in [-0.39, 0.29) is 78.7 Å². The fraction of sp³-hybridized carbons (Fsp3) is 0.191. The van der Waals surface area contributed by atoms with Gasteiger partial charge in [-0.1, -0.05) is 133 Å². The molecule has 0 aliphatic carbocycles. The van der Waals surface area contributed by atoms with Crippen molar-refractivity contribution in [3.8, 4) is 22.3 Å². The van der Waals surface area contributed by atoms with Crippen LogP contribution in [-0.4, -0.2) is 11.8 Å². The molecule has 2 unspecified atom stereocenters. The zero-order valence-electron chi connectivity index (χ0n) is 30.7. The van der Waals surface area contributed by atoms with Crippen molar-refractivity contribution >= 4 is 11.8 Å². The van der Waals surface area contributed by atoms with Gasteiger partial charge in [0.25, 0.3) is 0 Å². The second-order valence-corrected chi connectivity index (χ2v) is 13.8. The van der Waals surface area contributed by atoms with E-state index in [4.69, 9.17) is 19.5 Å². The number of ether oxygens (including phenoxy) is 2. The Labute approximate surface area is 354 Å². The molecular weight excluding hydrogens is 891 g/mol. The SMILES string of the molecule is Cc1ccccc1-c1cccc([C@H]2N=C(CC3=N[C@H](c4cccc(-c5ccccc5C)c4)C(c4ccccc4C)O3)OC2c2ccccc2C)c1.[Br-].[Br-].[Pd+2]. The van der Waals surface area contributed by atoms with Gasteiger partial charge >= 0.3 is 20.4 Å². The topological polar surface area (TPSA) is 43.2 Å². The predicted molar refractivity (Wildman–Crippen MR) is 208 cm³/mol. The van der Waals surface area contributed by atoms with Crippen LogP contribution in [0.4, 0.5) is 0 Å². The van der Waals surface area contributed by atoms with Gasteiger partial charge in [0, 0.05) is 0 Å². The van der Waals surface area contributed by atoms with Crippen LogP contribution < -0.4 is 34.0 Å². The van der Waals surface area contributed by atoms with E-state index < -0.39 is 0 Å². The van der Waals surface area contributed by atoms with E-state index in [0.29, 0.717) is 18.2 Å². The number of aliphatic imine (C=N–C) groups is 2. The summed E-state index contributed by atoms with van der Waals surface area (Å²) >= 11 is 0. The number of benzene rings is 6. The molecule has 0 spiro atoms. The van der Waals surface area contributed by atoms with Gasteiger partial charge in [-0.3, -0.25) is 0 Å². The third-order valence-corrected chi connectivity index (χ3v) is 10.3. The number of aryl methyl sites for hydroxylation is 4. The molecule has 4 nitrogen and oxygen atoms in total. The second kappa shape index (κ2) is 18.0. The van der Waals surface area contributed by atoms with Crippen molar-refractivity contribution in [2.24, 2.45) is 9.98 Å². The molecule has 2 heterocycles. The third-order valence-electron chi connectivity index (χ3n) is 10.3. The largest absolute Gasteiger partial charge is 2.00 e. The molecule has 0 fully saturated rings. The van der Waals surface area contributed by atoms with Crippen LogP contribution in [0.5, 0.6) is 0 Å². The molecule has 0 bridgehead atoms. The van der Waals surface area contributed by atoms with E-state index in [2.05, 4.69) is 173 Å². The number of halogens is 2.